The Morgan fingerprint density at radius 1 is 1.33 bits per heavy atom. The van der Waals surface area contributed by atoms with Crippen LogP contribution in [0.15, 0.2) is 30.6 Å². The molecule has 1 aromatic carbocycles. The molecule has 0 aliphatic heterocycles. The normalized spacial score (nSPS) is 10.8. The van der Waals surface area contributed by atoms with E-state index in [-0.39, 0.29) is 11.6 Å². The quantitative estimate of drug-likeness (QED) is 0.754. The van der Waals surface area contributed by atoms with Gasteiger partial charge in [-0.25, -0.2) is 4.39 Å². The molecule has 5 nitrogen and oxygen atoms in total. The van der Waals surface area contributed by atoms with Crippen LogP contribution < -0.4 is 10.1 Å². The van der Waals surface area contributed by atoms with Gasteiger partial charge in [-0.3, -0.25) is 4.68 Å². The minimum Gasteiger partial charge on any atom is -0.494 e. The molecule has 114 valence electrons. The summed E-state index contributed by atoms with van der Waals surface area (Å²) in [5.41, 5.74) is 1.60. The van der Waals surface area contributed by atoms with Gasteiger partial charge in [-0.1, -0.05) is 12.1 Å². The zero-order chi connectivity index (χ0) is 15.1. The molecule has 0 amide bonds. The van der Waals surface area contributed by atoms with Gasteiger partial charge in [0.2, 0.25) is 0 Å². The van der Waals surface area contributed by atoms with Gasteiger partial charge in [0.25, 0.3) is 0 Å². The van der Waals surface area contributed by atoms with E-state index in [1.54, 1.807) is 36.2 Å². The van der Waals surface area contributed by atoms with Crippen LogP contribution in [0, 0.1) is 5.82 Å². The van der Waals surface area contributed by atoms with Crippen molar-refractivity contribution in [1.82, 2.24) is 15.1 Å². The summed E-state index contributed by atoms with van der Waals surface area (Å²) in [5, 5.41) is 7.48. The van der Waals surface area contributed by atoms with E-state index in [1.165, 1.54) is 7.11 Å². The first kappa shape index (κ1) is 15.5. The van der Waals surface area contributed by atoms with Crippen LogP contribution in [0.3, 0.4) is 0 Å². The van der Waals surface area contributed by atoms with Gasteiger partial charge in [0, 0.05) is 37.5 Å². The van der Waals surface area contributed by atoms with Gasteiger partial charge in [-0.15, -0.1) is 0 Å². The van der Waals surface area contributed by atoms with Crippen LogP contribution in [0.5, 0.6) is 5.75 Å². The summed E-state index contributed by atoms with van der Waals surface area (Å²) in [6.07, 6.45) is 3.68. The average molecular weight is 293 g/mol. The first-order chi connectivity index (χ1) is 10.2. The second-order valence-corrected chi connectivity index (χ2v) is 4.65. The molecular formula is C15H20FN3O2. The highest BCUT2D eigenvalue weighted by Crippen LogP contribution is 2.20. The van der Waals surface area contributed by atoms with Crippen molar-refractivity contribution in [3.05, 3.63) is 47.5 Å². The third-order valence-electron chi connectivity index (χ3n) is 3.09. The van der Waals surface area contributed by atoms with E-state index in [1.807, 2.05) is 6.20 Å². The van der Waals surface area contributed by atoms with E-state index < -0.39 is 0 Å². The van der Waals surface area contributed by atoms with Crippen molar-refractivity contribution in [3.8, 4) is 5.75 Å². The van der Waals surface area contributed by atoms with Crippen LogP contribution in [0.1, 0.15) is 11.1 Å². The van der Waals surface area contributed by atoms with Gasteiger partial charge in [0.15, 0.2) is 11.6 Å². The predicted octanol–water partition coefficient (Wildman–Crippen LogP) is 1.82. The molecular weight excluding hydrogens is 273 g/mol. The minimum absolute atomic E-state index is 0.251. The number of methoxy groups -OCH3 is 2. The Morgan fingerprint density at radius 2 is 2.19 bits per heavy atom. The molecule has 0 bridgehead atoms. The maximum Gasteiger partial charge on any atom is 0.170 e. The third-order valence-corrected chi connectivity index (χ3v) is 3.09. The van der Waals surface area contributed by atoms with Gasteiger partial charge in [-0.2, -0.15) is 5.10 Å². The lowest BCUT2D eigenvalue weighted by molar-refractivity contribution is 0.199. The number of rotatable bonds is 8. The van der Waals surface area contributed by atoms with Crippen molar-refractivity contribution >= 4 is 0 Å². The highest BCUT2D eigenvalue weighted by atomic mass is 19.1. The van der Waals surface area contributed by atoms with E-state index in [4.69, 9.17) is 9.47 Å². The molecule has 2 aromatic rings. The second-order valence-electron chi connectivity index (χ2n) is 4.65. The Morgan fingerprint density at radius 3 is 2.95 bits per heavy atom. The molecule has 0 aliphatic rings. The first-order valence-electron chi connectivity index (χ1n) is 6.77. The van der Waals surface area contributed by atoms with E-state index in [0.29, 0.717) is 25.3 Å². The van der Waals surface area contributed by atoms with Crippen molar-refractivity contribution < 1.29 is 13.9 Å². The lowest BCUT2D eigenvalue weighted by atomic mass is 10.2. The first-order valence-corrected chi connectivity index (χ1v) is 6.77. The molecule has 0 spiro atoms. The fourth-order valence-corrected chi connectivity index (χ4v) is 2.00. The topological polar surface area (TPSA) is 48.3 Å². The Kier molecular flexibility index (Phi) is 5.71. The number of benzene rings is 1. The average Bonchev–Trinajstić information content (AvgIpc) is 2.93. The Balaban J connectivity index is 1.96. The van der Waals surface area contributed by atoms with E-state index in [2.05, 4.69) is 10.4 Å². The lowest BCUT2D eigenvalue weighted by Gasteiger charge is -2.07. The van der Waals surface area contributed by atoms with Crippen molar-refractivity contribution in [2.75, 3.05) is 27.4 Å². The minimum atomic E-state index is -0.338. The molecule has 0 saturated heterocycles. The largest absolute Gasteiger partial charge is 0.494 e. The molecule has 1 aromatic heterocycles. The molecule has 0 saturated carbocycles. The summed E-state index contributed by atoms with van der Waals surface area (Å²) in [6, 6.07) is 5.11. The van der Waals surface area contributed by atoms with E-state index in [0.717, 1.165) is 12.1 Å². The van der Waals surface area contributed by atoms with E-state index >= 15 is 0 Å². The summed E-state index contributed by atoms with van der Waals surface area (Å²) in [7, 11) is 3.13. The number of nitrogens with zero attached hydrogens (tertiary/aromatic N) is 2. The number of nitrogens with one attached hydrogen (secondary N) is 1. The second kappa shape index (κ2) is 7.75. The summed E-state index contributed by atoms with van der Waals surface area (Å²) < 4.78 is 25.7. The zero-order valence-electron chi connectivity index (χ0n) is 12.3. The van der Waals surface area contributed by atoms with Gasteiger partial charge in [-0.05, 0) is 6.07 Å². The van der Waals surface area contributed by atoms with Gasteiger partial charge < -0.3 is 14.8 Å². The maximum atomic E-state index is 14.1. The highest BCUT2D eigenvalue weighted by molar-refractivity contribution is 5.31. The van der Waals surface area contributed by atoms with Crippen molar-refractivity contribution in [2.45, 2.75) is 13.1 Å². The molecule has 0 aliphatic carbocycles. The monoisotopic (exact) mass is 293 g/mol. The summed E-state index contributed by atoms with van der Waals surface area (Å²) in [6.45, 7) is 2.54. The summed E-state index contributed by atoms with van der Waals surface area (Å²) >= 11 is 0. The Hall–Kier alpha value is -1.92. The van der Waals surface area contributed by atoms with Gasteiger partial charge >= 0.3 is 0 Å². The predicted molar refractivity (Wildman–Crippen MR) is 77.9 cm³/mol. The Labute approximate surface area is 123 Å². The lowest BCUT2D eigenvalue weighted by Crippen LogP contribution is -2.18. The molecule has 0 unspecified atom stereocenters. The summed E-state index contributed by atoms with van der Waals surface area (Å²) in [4.78, 5) is 0. The highest BCUT2D eigenvalue weighted by Gasteiger charge is 2.09. The van der Waals surface area contributed by atoms with Crippen LogP contribution in [0.25, 0.3) is 0 Å². The number of aromatic nitrogens is 2. The molecule has 0 radical (unpaired) electrons. The summed E-state index contributed by atoms with van der Waals surface area (Å²) in [5.74, 6) is -0.0867. The van der Waals surface area contributed by atoms with Crippen LogP contribution >= 0.6 is 0 Å². The molecule has 6 heteroatoms. The maximum absolute atomic E-state index is 14.1. The number of hydrogen-bond donors (Lipinski definition) is 1. The Bertz CT molecular complexity index is 572. The molecule has 2 rings (SSSR count). The van der Waals surface area contributed by atoms with Crippen molar-refractivity contribution in [2.24, 2.45) is 0 Å². The molecule has 1 heterocycles. The van der Waals surface area contributed by atoms with Crippen LogP contribution in [0.4, 0.5) is 4.39 Å². The van der Waals surface area contributed by atoms with Crippen molar-refractivity contribution in [3.63, 3.8) is 0 Å². The molecule has 1 N–H and O–H groups in total. The zero-order valence-corrected chi connectivity index (χ0v) is 12.3. The standard InChI is InChI=1S/C15H20FN3O2/c1-20-7-6-17-8-12-9-18-19(10-12)11-13-4-3-5-14(21-2)15(13)16/h3-5,9-10,17H,6-8,11H2,1-2H3. The fourth-order valence-electron chi connectivity index (χ4n) is 2.00. The van der Waals surface area contributed by atoms with Gasteiger partial charge in [0.1, 0.15) is 0 Å². The molecule has 0 fully saturated rings. The molecule has 21 heavy (non-hydrogen) atoms. The smallest absolute Gasteiger partial charge is 0.170 e. The molecule has 0 atom stereocenters. The number of halogens is 1. The van der Waals surface area contributed by atoms with Crippen LogP contribution in [0.2, 0.25) is 0 Å². The van der Waals surface area contributed by atoms with Crippen LogP contribution in [-0.4, -0.2) is 37.2 Å². The fraction of sp³-hybridized carbons (Fsp3) is 0.400. The van der Waals surface area contributed by atoms with E-state index in [9.17, 15) is 4.39 Å². The van der Waals surface area contributed by atoms with Crippen LogP contribution in [-0.2, 0) is 17.8 Å². The van der Waals surface area contributed by atoms with Crippen molar-refractivity contribution in [1.29, 1.82) is 0 Å². The van der Waals surface area contributed by atoms with Gasteiger partial charge in [0.05, 0.1) is 26.5 Å². The third kappa shape index (κ3) is 4.27. The SMILES string of the molecule is COCCNCc1cnn(Cc2cccc(OC)c2F)c1. The number of ether oxygens (including phenoxy) is 2. The number of hydrogen-bond acceptors (Lipinski definition) is 4.